The molecule has 0 bridgehead atoms. The minimum Gasteiger partial charge on any atom is -0.393 e. The fourth-order valence-corrected chi connectivity index (χ4v) is 8.47. The predicted octanol–water partition coefficient (Wildman–Crippen LogP) is 5.78. The Labute approximate surface area is 190 Å². The fraction of sp³-hybridized carbons (Fsp3) is 0.857. The summed E-state index contributed by atoms with van der Waals surface area (Å²) in [6, 6.07) is 0. The number of rotatable bonds is 5. The molecule has 4 rings (SSSR count). The number of hydrogen-bond donors (Lipinski definition) is 3. The van der Waals surface area contributed by atoms with Gasteiger partial charge in [0.1, 0.15) is 0 Å². The maximum Gasteiger partial charge on any atom is 0.0740 e. The van der Waals surface area contributed by atoms with E-state index in [-0.39, 0.29) is 5.41 Å². The molecule has 3 N–H and O–H groups in total. The average Bonchev–Trinajstić information content (AvgIpc) is 2.98. The van der Waals surface area contributed by atoms with E-state index < -0.39 is 17.3 Å². The Kier molecular flexibility index (Phi) is 5.84. The lowest BCUT2D eigenvalue weighted by Crippen LogP contribution is -2.58. The molecule has 0 unspecified atom stereocenters. The van der Waals surface area contributed by atoms with Gasteiger partial charge in [-0.15, -0.1) is 0 Å². The standard InChI is InChI=1S/C28H46O3/c1-18(8-7-14-25(2,3)30)22-11-12-23-21-10-9-19-16-20(29)17-27(5,31)28(19,6)24(21)13-15-26(22,23)4/h9-10,18,20,22-24,29-31H,7-8,11-17H2,1-6H3/t18-,20-,22-,23+,24+,26-,27+,28+/m1/s1. The first kappa shape index (κ1) is 23.5. The summed E-state index contributed by atoms with van der Waals surface area (Å²) in [7, 11) is 0. The minimum atomic E-state index is -0.864. The molecule has 3 nitrogen and oxygen atoms in total. The van der Waals surface area contributed by atoms with E-state index in [1.165, 1.54) is 31.3 Å². The molecule has 0 heterocycles. The first-order chi connectivity index (χ1) is 14.3. The molecule has 0 aliphatic heterocycles. The van der Waals surface area contributed by atoms with Crippen molar-refractivity contribution >= 4 is 0 Å². The average molecular weight is 431 g/mol. The molecular weight excluding hydrogens is 384 g/mol. The monoisotopic (exact) mass is 430 g/mol. The molecule has 3 fully saturated rings. The number of aliphatic hydroxyl groups is 3. The van der Waals surface area contributed by atoms with Crippen LogP contribution in [0.1, 0.15) is 99.3 Å². The number of allylic oxidation sites excluding steroid dienone is 3. The molecule has 8 atom stereocenters. The van der Waals surface area contributed by atoms with E-state index in [0.29, 0.717) is 36.0 Å². The van der Waals surface area contributed by atoms with Crippen LogP contribution in [0.5, 0.6) is 0 Å². The minimum absolute atomic E-state index is 0.256. The van der Waals surface area contributed by atoms with Crippen molar-refractivity contribution in [2.24, 2.45) is 34.5 Å². The highest BCUT2D eigenvalue weighted by Gasteiger charge is 2.61. The molecule has 4 aliphatic rings. The van der Waals surface area contributed by atoms with Crippen LogP contribution in [0.15, 0.2) is 23.3 Å². The second kappa shape index (κ2) is 7.71. The Morgan fingerprint density at radius 2 is 1.81 bits per heavy atom. The molecule has 0 radical (unpaired) electrons. The molecule has 0 aromatic rings. The van der Waals surface area contributed by atoms with Gasteiger partial charge in [0, 0.05) is 11.8 Å². The molecule has 4 aliphatic carbocycles. The van der Waals surface area contributed by atoms with E-state index in [1.54, 1.807) is 5.57 Å². The summed E-state index contributed by atoms with van der Waals surface area (Å²) in [4.78, 5) is 0. The summed E-state index contributed by atoms with van der Waals surface area (Å²) in [5, 5.41) is 32.0. The van der Waals surface area contributed by atoms with Crippen LogP contribution in [0.25, 0.3) is 0 Å². The first-order valence-electron chi connectivity index (χ1n) is 12.8. The highest BCUT2D eigenvalue weighted by Crippen LogP contribution is 2.67. The van der Waals surface area contributed by atoms with E-state index in [4.69, 9.17) is 0 Å². The Morgan fingerprint density at radius 3 is 2.48 bits per heavy atom. The van der Waals surface area contributed by atoms with Crippen molar-refractivity contribution < 1.29 is 15.3 Å². The van der Waals surface area contributed by atoms with Gasteiger partial charge in [-0.2, -0.15) is 0 Å². The smallest absolute Gasteiger partial charge is 0.0740 e. The Bertz CT molecular complexity index is 757. The van der Waals surface area contributed by atoms with E-state index in [9.17, 15) is 15.3 Å². The third-order valence-corrected chi connectivity index (χ3v) is 10.4. The number of fused-ring (bicyclic) bond motifs is 5. The van der Waals surface area contributed by atoms with Gasteiger partial charge in [-0.3, -0.25) is 0 Å². The van der Waals surface area contributed by atoms with Crippen LogP contribution < -0.4 is 0 Å². The third kappa shape index (κ3) is 3.77. The molecule has 0 saturated heterocycles. The Balaban J connectivity index is 1.56. The highest BCUT2D eigenvalue weighted by atomic mass is 16.3. The van der Waals surface area contributed by atoms with E-state index in [0.717, 1.165) is 25.2 Å². The van der Waals surface area contributed by atoms with Crippen LogP contribution in [0, 0.1) is 34.5 Å². The maximum atomic E-state index is 11.5. The summed E-state index contributed by atoms with van der Waals surface area (Å²) in [5.41, 5.74) is 1.51. The Morgan fingerprint density at radius 1 is 1.10 bits per heavy atom. The lowest BCUT2D eigenvalue weighted by Gasteiger charge is -2.60. The highest BCUT2D eigenvalue weighted by molar-refractivity contribution is 5.41. The SMILES string of the molecule is C[C@H](CCCC(C)(C)O)[C@H]1CC[C@H]2C3=CC=C4C[C@@H](O)C[C@](C)(O)[C@]4(C)[C@H]3CC[C@]12C. The van der Waals surface area contributed by atoms with Crippen molar-refractivity contribution in [3.63, 3.8) is 0 Å². The summed E-state index contributed by atoms with van der Waals surface area (Å²) >= 11 is 0. The van der Waals surface area contributed by atoms with Crippen LogP contribution in [0.3, 0.4) is 0 Å². The van der Waals surface area contributed by atoms with Gasteiger partial charge in [0.05, 0.1) is 17.3 Å². The van der Waals surface area contributed by atoms with E-state index in [1.807, 2.05) is 20.8 Å². The van der Waals surface area contributed by atoms with Gasteiger partial charge in [-0.25, -0.2) is 0 Å². The molecule has 0 aromatic heterocycles. The zero-order valence-corrected chi connectivity index (χ0v) is 20.7. The van der Waals surface area contributed by atoms with Crippen LogP contribution >= 0.6 is 0 Å². The fourth-order valence-electron chi connectivity index (χ4n) is 8.47. The molecule has 0 spiro atoms. The van der Waals surface area contributed by atoms with Crippen molar-refractivity contribution in [1.29, 1.82) is 0 Å². The zero-order chi connectivity index (χ0) is 22.8. The lowest BCUT2D eigenvalue weighted by atomic mass is 9.46. The van der Waals surface area contributed by atoms with Crippen molar-refractivity contribution in [2.75, 3.05) is 0 Å². The molecule has 3 saturated carbocycles. The van der Waals surface area contributed by atoms with Gasteiger partial charge in [0.15, 0.2) is 0 Å². The first-order valence-corrected chi connectivity index (χ1v) is 12.8. The van der Waals surface area contributed by atoms with E-state index >= 15 is 0 Å². The third-order valence-electron chi connectivity index (χ3n) is 10.4. The number of aliphatic hydroxyl groups excluding tert-OH is 1. The Hall–Kier alpha value is -0.640. The van der Waals surface area contributed by atoms with Gasteiger partial charge in [-0.1, -0.05) is 56.9 Å². The summed E-state index contributed by atoms with van der Waals surface area (Å²) in [5.74, 6) is 2.45. The van der Waals surface area contributed by atoms with Crippen molar-refractivity contribution in [3.8, 4) is 0 Å². The molecule has 0 amide bonds. The second-order valence-corrected chi connectivity index (χ2v) is 12.9. The normalized spacial score (nSPS) is 45.8. The van der Waals surface area contributed by atoms with Crippen LogP contribution in [0.4, 0.5) is 0 Å². The topological polar surface area (TPSA) is 60.7 Å². The van der Waals surface area contributed by atoms with Gasteiger partial charge in [0.2, 0.25) is 0 Å². The number of hydrogen-bond acceptors (Lipinski definition) is 3. The predicted molar refractivity (Wildman–Crippen MR) is 126 cm³/mol. The quantitative estimate of drug-likeness (QED) is 0.518. The second-order valence-electron chi connectivity index (χ2n) is 12.9. The molecule has 3 heteroatoms. The maximum absolute atomic E-state index is 11.5. The molecule has 31 heavy (non-hydrogen) atoms. The van der Waals surface area contributed by atoms with Gasteiger partial charge in [0.25, 0.3) is 0 Å². The largest absolute Gasteiger partial charge is 0.393 e. The molecule has 176 valence electrons. The summed E-state index contributed by atoms with van der Waals surface area (Å²) < 4.78 is 0. The summed E-state index contributed by atoms with van der Waals surface area (Å²) in [6.45, 7) is 13.1. The molecule has 0 aromatic carbocycles. The van der Waals surface area contributed by atoms with Crippen molar-refractivity contribution in [3.05, 3.63) is 23.3 Å². The summed E-state index contributed by atoms with van der Waals surface area (Å²) in [6.07, 6.45) is 13.5. The van der Waals surface area contributed by atoms with Gasteiger partial charge >= 0.3 is 0 Å². The van der Waals surface area contributed by atoms with E-state index in [2.05, 4.69) is 32.9 Å². The van der Waals surface area contributed by atoms with Gasteiger partial charge < -0.3 is 15.3 Å². The van der Waals surface area contributed by atoms with Crippen LogP contribution in [-0.4, -0.2) is 32.6 Å². The zero-order valence-electron chi connectivity index (χ0n) is 20.7. The van der Waals surface area contributed by atoms with Gasteiger partial charge in [-0.05, 0) is 88.4 Å². The van der Waals surface area contributed by atoms with Crippen molar-refractivity contribution in [1.82, 2.24) is 0 Å². The van der Waals surface area contributed by atoms with Crippen LogP contribution in [-0.2, 0) is 0 Å². The molecular formula is C28H46O3. The van der Waals surface area contributed by atoms with Crippen molar-refractivity contribution in [2.45, 2.75) is 117 Å². The van der Waals surface area contributed by atoms with Crippen LogP contribution in [0.2, 0.25) is 0 Å². The lowest BCUT2D eigenvalue weighted by molar-refractivity contribution is -0.124.